The van der Waals surface area contributed by atoms with Gasteiger partial charge < -0.3 is 23.5 Å². The van der Waals surface area contributed by atoms with Gasteiger partial charge in [-0.1, -0.05) is 28.9 Å². The fraction of sp³-hybridized carbons (Fsp3) is 0.429. The summed E-state index contributed by atoms with van der Waals surface area (Å²) in [4.78, 5) is 31.6. The molecule has 1 atom stereocenters. The van der Waals surface area contributed by atoms with Crippen molar-refractivity contribution in [3.63, 3.8) is 0 Å². The van der Waals surface area contributed by atoms with Gasteiger partial charge in [-0.15, -0.1) is 0 Å². The zero-order valence-corrected chi connectivity index (χ0v) is 22.7. The molecule has 9 heteroatoms. The quantitative estimate of drug-likeness (QED) is 0.371. The van der Waals surface area contributed by atoms with Gasteiger partial charge in [-0.3, -0.25) is 14.5 Å². The van der Waals surface area contributed by atoms with E-state index in [0.29, 0.717) is 67.5 Å². The van der Waals surface area contributed by atoms with Crippen LogP contribution >= 0.6 is 15.9 Å². The van der Waals surface area contributed by atoms with E-state index in [2.05, 4.69) is 20.8 Å². The van der Waals surface area contributed by atoms with E-state index >= 15 is 0 Å². The third-order valence-electron chi connectivity index (χ3n) is 6.73. The largest absolute Gasteiger partial charge is 0.490 e. The molecule has 1 saturated heterocycles. The summed E-state index contributed by atoms with van der Waals surface area (Å²) >= 11 is 3.45. The highest BCUT2D eigenvalue weighted by Crippen LogP contribution is 2.41. The van der Waals surface area contributed by atoms with E-state index in [0.717, 1.165) is 29.5 Å². The van der Waals surface area contributed by atoms with Crippen LogP contribution in [0.1, 0.15) is 48.0 Å². The standard InChI is InChI=1S/C28H31BrN2O6/c1-3-13-36-22-7-5-18(16-23(22)35-4-2)25-24-26(32)20-17-19(29)6-8-21(20)37-27(24)28(33)31(25)10-9-30-11-14-34-15-12-30/h5-8,16-17,25H,3-4,9-15H2,1-2H3. The van der Waals surface area contributed by atoms with Gasteiger partial charge >= 0.3 is 0 Å². The van der Waals surface area contributed by atoms with Crippen molar-refractivity contribution in [1.82, 2.24) is 9.80 Å². The molecule has 8 nitrogen and oxygen atoms in total. The minimum atomic E-state index is -0.595. The van der Waals surface area contributed by atoms with Gasteiger partial charge in [0.2, 0.25) is 5.76 Å². The molecule has 0 bridgehead atoms. The second-order valence-electron chi connectivity index (χ2n) is 9.16. The smallest absolute Gasteiger partial charge is 0.290 e. The van der Waals surface area contributed by atoms with E-state index in [-0.39, 0.29) is 17.1 Å². The van der Waals surface area contributed by atoms with Crippen molar-refractivity contribution in [3.05, 3.63) is 68.0 Å². The van der Waals surface area contributed by atoms with Crippen LogP contribution in [-0.4, -0.2) is 68.3 Å². The molecule has 5 rings (SSSR count). The predicted octanol–water partition coefficient (Wildman–Crippen LogP) is 4.62. The Balaban J connectivity index is 1.60. The number of fused-ring (bicyclic) bond motifs is 2. The first-order valence-corrected chi connectivity index (χ1v) is 13.6. The van der Waals surface area contributed by atoms with Gasteiger partial charge in [0.25, 0.3) is 5.91 Å². The number of morpholine rings is 1. The molecular formula is C28H31BrN2O6. The van der Waals surface area contributed by atoms with Crippen LogP contribution in [0.3, 0.4) is 0 Å². The Morgan fingerprint density at radius 2 is 1.81 bits per heavy atom. The summed E-state index contributed by atoms with van der Waals surface area (Å²) in [6.07, 6.45) is 0.872. The number of nitrogens with zero attached hydrogens (tertiary/aromatic N) is 2. The normalized spacial score (nSPS) is 17.9. The van der Waals surface area contributed by atoms with Crippen molar-refractivity contribution in [2.45, 2.75) is 26.3 Å². The molecule has 2 aromatic carbocycles. The molecule has 37 heavy (non-hydrogen) atoms. The maximum absolute atomic E-state index is 13.8. The number of ether oxygens (including phenoxy) is 3. The van der Waals surface area contributed by atoms with Crippen LogP contribution in [0.5, 0.6) is 11.5 Å². The molecule has 0 radical (unpaired) electrons. The molecule has 1 fully saturated rings. The van der Waals surface area contributed by atoms with Gasteiger partial charge in [0, 0.05) is 30.7 Å². The number of carbonyl (C=O) groups is 1. The van der Waals surface area contributed by atoms with Gasteiger partial charge in [-0.2, -0.15) is 0 Å². The fourth-order valence-electron chi connectivity index (χ4n) is 4.94. The molecular weight excluding hydrogens is 540 g/mol. The Kier molecular flexibility index (Phi) is 7.83. The number of hydrogen-bond acceptors (Lipinski definition) is 7. The van der Waals surface area contributed by atoms with Gasteiger partial charge in [-0.05, 0) is 49.2 Å². The zero-order chi connectivity index (χ0) is 25.9. The lowest BCUT2D eigenvalue weighted by Crippen LogP contribution is -2.42. The first kappa shape index (κ1) is 25.8. The number of rotatable bonds is 9. The van der Waals surface area contributed by atoms with Crippen molar-refractivity contribution < 1.29 is 23.4 Å². The van der Waals surface area contributed by atoms with Crippen molar-refractivity contribution in [1.29, 1.82) is 0 Å². The topological polar surface area (TPSA) is 81.5 Å². The van der Waals surface area contributed by atoms with E-state index in [4.69, 9.17) is 18.6 Å². The molecule has 1 unspecified atom stereocenters. The summed E-state index contributed by atoms with van der Waals surface area (Å²) in [7, 11) is 0. The van der Waals surface area contributed by atoms with Crippen LogP contribution in [0.25, 0.3) is 11.0 Å². The van der Waals surface area contributed by atoms with E-state index in [1.807, 2.05) is 32.0 Å². The molecule has 1 aromatic heterocycles. The Morgan fingerprint density at radius 3 is 2.57 bits per heavy atom. The van der Waals surface area contributed by atoms with Crippen LogP contribution in [0, 0.1) is 0 Å². The molecule has 2 aliphatic rings. The summed E-state index contributed by atoms with van der Waals surface area (Å²) < 4.78 is 24.1. The number of benzene rings is 2. The molecule has 3 heterocycles. The van der Waals surface area contributed by atoms with Crippen molar-refractivity contribution in [2.24, 2.45) is 0 Å². The first-order valence-electron chi connectivity index (χ1n) is 12.8. The minimum absolute atomic E-state index is 0.107. The molecule has 0 saturated carbocycles. The highest BCUT2D eigenvalue weighted by Gasteiger charge is 2.43. The Bertz CT molecular complexity index is 1350. The molecule has 0 spiro atoms. The minimum Gasteiger partial charge on any atom is -0.490 e. The molecule has 2 aliphatic heterocycles. The summed E-state index contributed by atoms with van der Waals surface area (Å²) in [6, 6.07) is 10.3. The summed E-state index contributed by atoms with van der Waals surface area (Å²) in [5.41, 5.74) is 1.34. The van der Waals surface area contributed by atoms with Crippen LogP contribution in [-0.2, 0) is 4.74 Å². The highest BCUT2D eigenvalue weighted by atomic mass is 79.9. The SMILES string of the molecule is CCCOc1ccc(C2c3c(oc4ccc(Br)cc4c3=O)C(=O)N2CCN2CCOCC2)cc1OCC. The second kappa shape index (κ2) is 11.2. The maximum atomic E-state index is 13.8. The molecule has 196 valence electrons. The third kappa shape index (κ3) is 5.12. The molecule has 3 aromatic rings. The number of halogens is 1. The van der Waals surface area contributed by atoms with Crippen LogP contribution in [0.15, 0.2) is 50.1 Å². The Labute approximate surface area is 224 Å². The lowest BCUT2D eigenvalue weighted by molar-refractivity contribution is 0.0314. The fourth-order valence-corrected chi connectivity index (χ4v) is 5.30. The average Bonchev–Trinajstić information content (AvgIpc) is 3.19. The summed E-state index contributed by atoms with van der Waals surface area (Å²) in [5, 5.41) is 0.439. The Morgan fingerprint density at radius 1 is 1.00 bits per heavy atom. The first-order chi connectivity index (χ1) is 18.0. The average molecular weight is 571 g/mol. The monoisotopic (exact) mass is 570 g/mol. The van der Waals surface area contributed by atoms with Crippen molar-refractivity contribution >= 4 is 32.8 Å². The second-order valence-corrected chi connectivity index (χ2v) is 10.1. The van der Waals surface area contributed by atoms with Gasteiger partial charge in [0.05, 0.1) is 43.4 Å². The maximum Gasteiger partial charge on any atom is 0.290 e. The van der Waals surface area contributed by atoms with Crippen molar-refractivity contribution in [2.75, 3.05) is 52.6 Å². The number of carbonyl (C=O) groups excluding carboxylic acids is 1. The van der Waals surface area contributed by atoms with E-state index in [1.54, 1.807) is 23.1 Å². The van der Waals surface area contributed by atoms with Crippen LogP contribution < -0.4 is 14.9 Å². The zero-order valence-electron chi connectivity index (χ0n) is 21.1. The van der Waals surface area contributed by atoms with Gasteiger partial charge in [-0.25, -0.2) is 0 Å². The van der Waals surface area contributed by atoms with Crippen molar-refractivity contribution in [3.8, 4) is 11.5 Å². The van der Waals surface area contributed by atoms with E-state index in [1.165, 1.54) is 0 Å². The summed E-state index contributed by atoms with van der Waals surface area (Å²) in [6.45, 7) is 9.10. The predicted molar refractivity (Wildman–Crippen MR) is 144 cm³/mol. The highest BCUT2D eigenvalue weighted by molar-refractivity contribution is 9.10. The van der Waals surface area contributed by atoms with E-state index < -0.39 is 6.04 Å². The number of hydrogen-bond donors (Lipinski definition) is 0. The van der Waals surface area contributed by atoms with Crippen LogP contribution in [0.2, 0.25) is 0 Å². The summed E-state index contributed by atoms with van der Waals surface area (Å²) in [5.74, 6) is 1.07. The van der Waals surface area contributed by atoms with Gasteiger partial charge in [0.15, 0.2) is 16.9 Å². The Hall–Kier alpha value is -2.88. The molecule has 0 aliphatic carbocycles. The van der Waals surface area contributed by atoms with Crippen LogP contribution in [0.4, 0.5) is 0 Å². The lowest BCUT2D eigenvalue weighted by atomic mass is 9.98. The lowest BCUT2D eigenvalue weighted by Gasteiger charge is -2.31. The third-order valence-corrected chi connectivity index (χ3v) is 7.23. The molecule has 1 amide bonds. The molecule has 0 N–H and O–H groups in total. The van der Waals surface area contributed by atoms with E-state index in [9.17, 15) is 9.59 Å². The van der Waals surface area contributed by atoms with Gasteiger partial charge in [0.1, 0.15) is 5.58 Å². The number of amides is 1.